The summed E-state index contributed by atoms with van der Waals surface area (Å²) in [7, 11) is 1.59. The van der Waals surface area contributed by atoms with Crippen LogP contribution in [0.2, 0.25) is 0 Å². The number of ether oxygens (including phenoxy) is 1. The monoisotopic (exact) mass is 353 g/mol. The van der Waals surface area contributed by atoms with E-state index in [0.29, 0.717) is 15.2 Å². The minimum Gasteiger partial charge on any atom is -0.495 e. The molecular weight excluding hydrogens is 338 g/mol. The smallest absolute Gasteiger partial charge is 0.248 e. The molecule has 2 aromatic rings. The van der Waals surface area contributed by atoms with Crippen molar-refractivity contribution in [2.45, 2.75) is 11.3 Å². The van der Waals surface area contributed by atoms with Gasteiger partial charge in [-0.2, -0.15) is 0 Å². The molecule has 0 aliphatic heterocycles. The molecule has 0 unspecified atom stereocenters. The lowest BCUT2D eigenvalue weighted by Gasteiger charge is -2.07. The Balaban J connectivity index is 1.88. The summed E-state index contributed by atoms with van der Waals surface area (Å²) in [6, 6.07) is 7.46. The maximum Gasteiger partial charge on any atom is 0.248 e. The maximum absolute atomic E-state index is 11.5. The summed E-state index contributed by atoms with van der Waals surface area (Å²) in [5.74, 6) is 0.178. The standard InChI is InChI=1S/C13H15N5O3S2/c1-8(19)15-16-11(20)7-22-13-18-17-12(23-13)14-9-5-3-4-6-10(9)21-2/h3-6H,7H2,1-2H3,(H,14,17)(H,15,19)(H,16,20). The Kier molecular flexibility index (Phi) is 6.18. The number of methoxy groups -OCH3 is 1. The molecule has 1 aromatic heterocycles. The van der Waals surface area contributed by atoms with E-state index in [4.69, 9.17) is 4.74 Å². The van der Waals surface area contributed by atoms with Crippen molar-refractivity contribution in [2.24, 2.45) is 0 Å². The number of hydrogen-bond acceptors (Lipinski definition) is 8. The number of carbonyl (C=O) groups excluding carboxylic acids is 2. The van der Waals surface area contributed by atoms with E-state index in [1.807, 2.05) is 24.3 Å². The number of thioether (sulfide) groups is 1. The van der Waals surface area contributed by atoms with Gasteiger partial charge in [0.05, 0.1) is 18.6 Å². The highest BCUT2D eigenvalue weighted by molar-refractivity contribution is 8.01. The van der Waals surface area contributed by atoms with E-state index in [9.17, 15) is 9.59 Å². The van der Waals surface area contributed by atoms with Gasteiger partial charge in [0.25, 0.3) is 0 Å². The Hall–Kier alpha value is -2.33. The van der Waals surface area contributed by atoms with Gasteiger partial charge < -0.3 is 10.1 Å². The van der Waals surface area contributed by atoms with Crippen molar-refractivity contribution < 1.29 is 14.3 Å². The van der Waals surface area contributed by atoms with Gasteiger partial charge in [0.2, 0.25) is 16.9 Å². The summed E-state index contributed by atoms with van der Waals surface area (Å²) in [6.07, 6.45) is 0. The molecule has 0 bridgehead atoms. The summed E-state index contributed by atoms with van der Waals surface area (Å²) in [4.78, 5) is 22.2. The molecule has 0 spiro atoms. The van der Waals surface area contributed by atoms with Crippen LogP contribution in [0.25, 0.3) is 0 Å². The summed E-state index contributed by atoms with van der Waals surface area (Å²) < 4.78 is 5.89. The average Bonchev–Trinajstić information content (AvgIpc) is 2.99. The first-order chi connectivity index (χ1) is 11.1. The van der Waals surface area contributed by atoms with Crippen LogP contribution in [0.4, 0.5) is 10.8 Å². The number of rotatable bonds is 6. The molecule has 1 aromatic carbocycles. The van der Waals surface area contributed by atoms with Crippen LogP contribution in [0, 0.1) is 0 Å². The lowest BCUT2D eigenvalue weighted by molar-refractivity contribution is -0.126. The van der Waals surface area contributed by atoms with Crippen LogP contribution < -0.4 is 20.9 Å². The average molecular weight is 353 g/mol. The minimum absolute atomic E-state index is 0.129. The van der Waals surface area contributed by atoms with Crippen molar-refractivity contribution in [3.05, 3.63) is 24.3 Å². The molecule has 1 heterocycles. The lowest BCUT2D eigenvalue weighted by Crippen LogP contribution is -2.41. The molecule has 3 N–H and O–H groups in total. The Bertz CT molecular complexity index is 692. The van der Waals surface area contributed by atoms with Gasteiger partial charge in [-0.1, -0.05) is 35.2 Å². The topological polar surface area (TPSA) is 105 Å². The van der Waals surface area contributed by atoms with E-state index in [2.05, 4.69) is 26.4 Å². The summed E-state index contributed by atoms with van der Waals surface area (Å²) >= 11 is 2.55. The fourth-order valence-electron chi connectivity index (χ4n) is 1.50. The highest BCUT2D eigenvalue weighted by atomic mass is 32.2. The summed E-state index contributed by atoms with van der Waals surface area (Å²) in [5.41, 5.74) is 5.28. The van der Waals surface area contributed by atoms with Crippen LogP contribution in [0.15, 0.2) is 28.6 Å². The zero-order chi connectivity index (χ0) is 16.7. The fraction of sp³-hybridized carbons (Fsp3) is 0.231. The SMILES string of the molecule is COc1ccccc1Nc1nnc(SCC(=O)NNC(C)=O)s1. The molecule has 0 radical (unpaired) electrons. The molecule has 2 amide bonds. The van der Waals surface area contributed by atoms with Crippen molar-refractivity contribution in [1.29, 1.82) is 0 Å². The van der Waals surface area contributed by atoms with E-state index in [1.165, 1.54) is 30.0 Å². The van der Waals surface area contributed by atoms with Crippen LogP contribution >= 0.6 is 23.1 Å². The molecule has 0 atom stereocenters. The number of anilines is 2. The van der Waals surface area contributed by atoms with Crippen LogP contribution in [-0.4, -0.2) is 34.9 Å². The number of para-hydroxylation sites is 2. The van der Waals surface area contributed by atoms with E-state index < -0.39 is 0 Å². The minimum atomic E-state index is -0.331. The molecule has 0 aliphatic carbocycles. The molecule has 0 saturated heterocycles. The third-order valence-corrected chi connectivity index (χ3v) is 4.43. The van der Waals surface area contributed by atoms with Gasteiger partial charge in [-0.3, -0.25) is 20.4 Å². The lowest BCUT2D eigenvalue weighted by atomic mass is 10.3. The van der Waals surface area contributed by atoms with Crippen LogP contribution in [0.1, 0.15) is 6.92 Å². The molecule has 0 fully saturated rings. The second-order valence-electron chi connectivity index (χ2n) is 4.22. The normalized spacial score (nSPS) is 10.0. The Labute approximate surface area is 141 Å². The van der Waals surface area contributed by atoms with Crippen molar-refractivity contribution in [3.8, 4) is 5.75 Å². The first kappa shape index (κ1) is 17.0. The third kappa shape index (κ3) is 5.42. The van der Waals surface area contributed by atoms with Gasteiger partial charge in [0, 0.05) is 6.92 Å². The van der Waals surface area contributed by atoms with Crippen molar-refractivity contribution in [3.63, 3.8) is 0 Å². The van der Waals surface area contributed by atoms with Gasteiger partial charge in [0.15, 0.2) is 4.34 Å². The van der Waals surface area contributed by atoms with E-state index in [-0.39, 0.29) is 17.6 Å². The molecule has 23 heavy (non-hydrogen) atoms. The van der Waals surface area contributed by atoms with Crippen molar-refractivity contribution in [1.82, 2.24) is 21.0 Å². The van der Waals surface area contributed by atoms with Crippen molar-refractivity contribution >= 4 is 45.7 Å². The van der Waals surface area contributed by atoms with Gasteiger partial charge in [0.1, 0.15) is 5.75 Å². The molecule has 122 valence electrons. The Morgan fingerprint density at radius 1 is 1.26 bits per heavy atom. The van der Waals surface area contributed by atoms with E-state index in [1.54, 1.807) is 7.11 Å². The Morgan fingerprint density at radius 3 is 2.78 bits per heavy atom. The quantitative estimate of drug-likeness (QED) is 0.534. The third-order valence-electron chi connectivity index (χ3n) is 2.46. The zero-order valence-corrected chi connectivity index (χ0v) is 14.1. The number of benzene rings is 1. The number of carbonyl (C=O) groups is 2. The molecule has 2 rings (SSSR count). The number of nitrogens with zero attached hydrogens (tertiary/aromatic N) is 2. The predicted molar refractivity (Wildman–Crippen MR) is 88.9 cm³/mol. The Morgan fingerprint density at radius 2 is 2.04 bits per heavy atom. The highest BCUT2D eigenvalue weighted by Gasteiger charge is 2.10. The number of nitrogens with one attached hydrogen (secondary N) is 3. The largest absolute Gasteiger partial charge is 0.495 e. The second-order valence-corrected chi connectivity index (χ2v) is 6.42. The second kappa shape index (κ2) is 8.34. The summed E-state index contributed by atoms with van der Waals surface area (Å²) in [6.45, 7) is 1.31. The predicted octanol–water partition coefficient (Wildman–Crippen LogP) is 1.55. The van der Waals surface area contributed by atoms with Gasteiger partial charge in [-0.25, -0.2) is 0 Å². The molecule has 0 aliphatic rings. The van der Waals surface area contributed by atoms with Crippen LogP contribution in [0.5, 0.6) is 5.75 Å². The van der Waals surface area contributed by atoms with Gasteiger partial charge in [-0.15, -0.1) is 10.2 Å². The number of aromatic nitrogens is 2. The number of amides is 2. The number of hydrazine groups is 1. The highest BCUT2D eigenvalue weighted by Crippen LogP contribution is 2.31. The number of hydrogen-bond donors (Lipinski definition) is 3. The molecular formula is C13H15N5O3S2. The van der Waals surface area contributed by atoms with Crippen LogP contribution in [0.3, 0.4) is 0 Å². The van der Waals surface area contributed by atoms with Gasteiger partial charge in [-0.05, 0) is 12.1 Å². The fourth-order valence-corrected chi connectivity index (χ4v) is 3.07. The maximum atomic E-state index is 11.5. The molecule has 0 saturated carbocycles. The van der Waals surface area contributed by atoms with Gasteiger partial charge >= 0.3 is 0 Å². The van der Waals surface area contributed by atoms with Crippen LogP contribution in [-0.2, 0) is 9.59 Å². The molecule has 10 heteroatoms. The first-order valence-electron chi connectivity index (χ1n) is 6.50. The van der Waals surface area contributed by atoms with E-state index >= 15 is 0 Å². The summed E-state index contributed by atoms with van der Waals surface area (Å²) in [5, 5.41) is 11.7. The van der Waals surface area contributed by atoms with E-state index in [0.717, 1.165) is 5.69 Å². The molecule has 8 nitrogen and oxygen atoms in total. The first-order valence-corrected chi connectivity index (χ1v) is 8.30. The van der Waals surface area contributed by atoms with Crippen molar-refractivity contribution in [2.75, 3.05) is 18.2 Å². The zero-order valence-electron chi connectivity index (χ0n) is 12.5.